The zero-order chi connectivity index (χ0) is 23.5. The van der Waals surface area contributed by atoms with Crippen LogP contribution in [0.4, 0.5) is 0 Å². The van der Waals surface area contributed by atoms with Crippen LogP contribution in [0.5, 0.6) is 0 Å². The first kappa shape index (κ1) is 21.8. The van der Waals surface area contributed by atoms with Gasteiger partial charge in [0.1, 0.15) is 5.65 Å². The number of aromatic nitrogens is 4. The number of fused-ring (bicyclic) bond motifs is 1. The van der Waals surface area contributed by atoms with E-state index in [1.165, 1.54) is 11.9 Å². The largest absolute Gasteiger partial charge is 0.340 e. The Kier molecular flexibility index (Phi) is 6.05. The minimum absolute atomic E-state index is 0.157. The minimum Gasteiger partial charge on any atom is -0.340 e. The molecule has 0 spiro atoms. The average Bonchev–Trinajstić information content (AvgIpc) is 3.30. The molecular formula is C26H26N6O2. The fourth-order valence-corrected chi connectivity index (χ4v) is 4.21. The van der Waals surface area contributed by atoms with Crippen LogP contribution in [0.15, 0.2) is 59.8 Å². The molecular weight excluding hydrogens is 428 g/mol. The fourth-order valence-electron chi connectivity index (χ4n) is 4.21. The molecule has 1 aromatic carbocycles. The summed E-state index contributed by atoms with van der Waals surface area (Å²) in [5, 5.41) is 0.534. The monoisotopic (exact) mass is 454 g/mol. The third-order valence-electron chi connectivity index (χ3n) is 6.17. The second-order valence-corrected chi connectivity index (χ2v) is 8.50. The molecule has 4 aromatic rings. The van der Waals surface area contributed by atoms with E-state index in [-0.39, 0.29) is 11.5 Å². The smallest absolute Gasteiger partial charge is 0.260 e. The molecule has 0 radical (unpaired) electrons. The quantitative estimate of drug-likeness (QED) is 0.483. The molecule has 1 fully saturated rings. The summed E-state index contributed by atoms with van der Waals surface area (Å²) in [5.41, 5.74) is 5.34. The van der Waals surface area contributed by atoms with Gasteiger partial charge in [0.15, 0.2) is 0 Å². The minimum atomic E-state index is -0.163. The van der Waals surface area contributed by atoms with Crippen LogP contribution in [-0.2, 0) is 11.3 Å². The van der Waals surface area contributed by atoms with Crippen LogP contribution in [0.3, 0.4) is 0 Å². The van der Waals surface area contributed by atoms with Crippen molar-refractivity contribution in [2.24, 2.45) is 0 Å². The third-order valence-corrected chi connectivity index (χ3v) is 6.17. The summed E-state index contributed by atoms with van der Waals surface area (Å²) in [7, 11) is 0. The van der Waals surface area contributed by atoms with Gasteiger partial charge in [0, 0.05) is 57.1 Å². The van der Waals surface area contributed by atoms with E-state index in [1.807, 2.05) is 35.3 Å². The first-order chi connectivity index (χ1) is 16.5. The van der Waals surface area contributed by atoms with Crippen LogP contribution < -0.4 is 5.56 Å². The zero-order valence-corrected chi connectivity index (χ0v) is 19.0. The van der Waals surface area contributed by atoms with Crippen molar-refractivity contribution in [3.63, 3.8) is 0 Å². The van der Waals surface area contributed by atoms with Crippen LogP contribution in [0.2, 0.25) is 0 Å². The Balaban J connectivity index is 1.24. The number of nitrogens with one attached hydrogen (secondary N) is 2. The highest BCUT2D eigenvalue weighted by Gasteiger charge is 2.18. The van der Waals surface area contributed by atoms with Gasteiger partial charge in [-0.15, -0.1) is 0 Å². The van der Waals surface area contributed by atoms with Gasteiger partial charge < -0.3 is 14.9 Å². The highest BCUT2D eigenvalue weighted by molar-refractivity contribution is 5.82. The van der Waals surface area contributed by atoms with Gasteiger partial charge in [0.05, 0.1) is 17.4 Å². The van der Waals surface area contributed by atoms with Crippen molar-refractivity contribution in [3.8, 4) is 11.3 Å². The zero-order valence-electron chi connectivity index (χ0n) is 19.0. The van der Waals surface area contributed by atoms with E-state index < -0.39 is 0 Å². The number of piperazine rings is 1. The maximum Gasteiger partial charge on any atom is 0.260 e. The van der Waals surface area contributed by atoms with Crippen molar-refractivity contribution in [2.75, 3.05) is 26.2 Å². The first-order valence-corrected chi connectivity index (χ1v) is 11.3. The number of amides is 1. The molecule has 8 nitrogen and oxygen atoms in total. The van der Waals surface area contributed by atoms with Gasteiger partial charge in [0.2, 0.25) is 5.91 Å². The van der Waals surface area contributed by atoms with Crippen LogP contribution in [0, 0.1) is 0 Å². The molecule has 2 N–H and O–H groups in total. The van der Waals surface area contributed by atoms with Crippen molar-refractivity contribution in [1.29, 1.82) is 0 Å². The third kappa shape index (κ3) is 4.82. The highest BCUT2D eigenvalue weighted by atomic mass is 16.2. The molecule has 8 heteroatoms. The van der Waals surface area contributed by atoms with Crippen molar-refractivity contribution in [2.45, 2.75) is 13.5 Å². The number of pyridine rings is 1. The summed E-state index contributed by atoms with van der Waals surface area (Å²) in [5.74, 6) is 0.157. The predicted molar refractivity (Wildman–Crippen MR) is 133 cm³/mol. The number of hydrogen-bond acceptors (Lipinski definition) is 5. The number of benzene rings is 1. The standard InChI is InChI=1S/C26H26N6O2/c1-18(33)32-12-10-31(11-13-32)16-20-4-2-19(3-5-20)6-7-22-14-21(8-9-27-22)24-15-23-25(30-24)28-17-29-26(23)34/h2-9,14-15,17H,10-13,16H2,1H3,(H2,28,29,30,34)/b7-6+. The highest BCUT2D eigenvalue weighted by Crippen LogP contribution is 2.22. The number of aromatic amines is 2. The van der Waals surface area contributed by atoms with Gasteiger partial charge in [-0.05, 0) is 35.4 Å². The Morgan fingerprint density at radius 2 is 1.82 bits per heavy atom. The van der Waals surface area contributed by atoms with E-state index in [2.05, 4.69) is 49.1 Å². The molecule has 1 aliphatic rings. The molecule has 34 heavy (non-hydrogen) atoms. The molecule has 0 bridgehead atoms. The van der Waals surface area contributed by atoms with E-state index in [4.69, 9.17) is 0 Å². The second kappa shape index (κ2) is 9.44. The normalized spacial score (nSPS) is 14.8. The van der Waals surface area contributed by atoms with Gasteiger partial charge in [-0.1, -0.05) is 30.3 Å². The number of carbonyl (C=O) groups is 1. The summed E-state index contributed by atoms with van der Waals surface area (Å²) in [4.78, 5) is 42.2. The molecule has 0 unspecified atom stereocenters. The SMILES string of the molecule is CC(=O)N1CCN(Cc2ccc(/C=C/c3cc(-c4cc5c(=O)[nH]cnc5[nH]4)ccn3)cc2)CC1. The Labute approximate surface area is 197 Å². The lowest BCUT2D eigenvalue weighted by Crippen LogP contribution is -2.47. The molecule has 1 amide bonds. The lowest BCUT2D eigenvalue weighted by Gasteiger charge is -2.34. The molecule has 1 aliphatic heterocycles. The predicted octanol–water partition coefficient (Wildman–Crippen LogP) is 3.15. The molecule has 1 saturated heterocycles. The van der Waals surface area contributed by atoms with Crippen molar-refractivity contribution >= 4 is 29.1 Å². The van der Waals surface area contributed by atoms with E-state index in [9.17, 15) is 9.59 Å². The Hall–Kier alpha value is -4.04. The van der Waals surface area contributed by atoms with E-state index in [0.717, 1.165) is 55.2 Å². The summed E-state index contributed by atoms with van der Waals surface area (Å²) in [6.45, 7) is 5.94. The van der Waals surface area contributed by atoms with Crippen LogP contribution in [-0.4, -0.2) is 61.8 Å². The van der Waals surface area contributed by atoms with E-state index >= 15 is 0 Å². The van der Waals surface area contributed by atoms with Gasteiger partial charge >= 0.3 is 0 Å². The van der Waals surface area contributed by atoms with Gasteiger partial charge in [-0.25, -0.2) is 4.98 Å². The molecule has 3 aromatic heterocycles. The summed E-state index contributed by atoms with van der Waals surface area (Å²) in [6, 6.07) is 14.2. The first-order valence-electron chi connectivity index (χ1n) is 11.3. The van der Waals surface area contributed by atoms with E-state index in [1.54, 1.807) is 13.1 Å². The number of rotatable bonds is 5. The number of nitrogens with zero attached hydrogens (tertiary/aromatic N) is 4. The van der Waals surface area contributed by atoms with Gasteiger partial charge in [0.25, 0.3) is 5.56 Å². The lowest BCUT2D eigenvalue weighted by atomic mass is 10.1. The van der Waals surface area contributed by atoms with Crippen molar-refractivity contribution in [3.05, 3.63) is 82.2 Å². The second-order valence-electron chi connectivity index (χ2n) is 8.50. The molecule has 0 atom stereocenters. The maximum atomic E-state index is 12.0. The molecule has 0 saturated carbocycles. The number of H-pyrrole nitrogens is 2. The molecule has 0 aliphatic carbocycles. The Bertz CT molecular complexity index is 1390. The summed E-state index contributed by atoms with van der Waals surface area (Å²) >= 11 is 0. The van der Waals surface area contributed by atoms with Crippen molar-refractivity contribution < 1.29 is 4.79 Å². The Morgan fingerprint density at radius 1 is 1.03 bits per heavy atom. The average molecular weight is 455 g/mol. The fraction of sp³-hybridized carbons (Fsp3) is 0.231. The van der Waals surface area contributed by atoms with E-state index in [0.29, 0.717) is 11.0 Å². The molecule has 4 heterocycles. The maximum absolute atomic E-state index is 12.0. The van der Waals surface area contributed by atoms with Crippen molar-refractivity contribution in [1.82, 2.24) is 29.7 Å². The number of carbonyl (C=O) groups excluding carboxylic acids is 1. The molecule has 5 rings (SSSR count). The topological polar surface area (TPSA) is 98.0 Å². The lowest BCUT2D eigenvalue weighted by molar-refractivity contribution is -0.130. The van der Waals surface area contributed by atoms with Crippen LogP contribution >= 0.6 is 0 Å². The summed E-state index contributed by atoms with van der Waals surface area (Å²) < 4.78 is 0. The summed E-state index contributed by atoms with van der Waals surface area (Å²) in [6.07, 6.45) is 7.17. The van der Waals surface area contributed by atoms with Gasteiger partial charge in [-0.2, -0.15) is 0 Å². The van der Waals surface area contributed by atoms with Crippen LogP contribution in [0.25, 0.3) is 34.4 Å². The Morgan fingerprint density at radius 3 is 2.56 bits per heavy atom. The molecule has 172 valence electrons. The number of hydrogen-bond donors (Lipinski definition) is 2. The van der Waals surface area contributed by atoms with Gasteiger partial charge in [-0.3, -0.25) is 19.5 Å². The van der Waals surface area contributed by atoms with Crippen LogP contribution in [0.1, 0.15) is 23.7 Å².